The number of hydrogen-bond donors (Lipinski definition) is 1. The minimum atomic E-state index is 0.680. The Kier molecular flexibility index (Phi) is 3.76. The molecule has 1 aromatic heterocycles. The third-order valence-corrected chi connectivity index (χ3v) is 3.62. The Hall–Kier alpha value is -2.13. The molecule has 0 saturated heterocycles. The first-order chi connectivity index (χ1) is 10.2. The van der Waals surface area contributed by atoms with E-state index in [9.17, 15) is 0 Å². The van der Waals surface area contributed by atoms with E-state index in [1.165, 1.54) is 0 Å². The van der Waals surface area contributed by atoms with Crippen molar-refractivity contribution < 1.29 is 0 Å². The Balaban J connectivity index is 2.27. The molecule has 0 aliphatic heterocycles. The minimum Gasteiger partial charge on any atom is -0.370 e. The summed E-state index contributed by atoms with van der Waals surface area (Å²) >= 11 is 6.10. The van der Waals surface area contributed by atoms with Crippen molar-refractivity contribution in [1.82, 2.24) is 9.97 Å². The summed E-state index contributed by atoms with van der Waals surface area (Å²) in [5, 5.41) is 4.97. The van der Waals surface area contributed by atoms with E-state index in [2.05, 4.69) is 35.2 Å². The molecule has 0 amide bonds. The fourth-order valence-corrected chi connectivity index (χ4v) is 2.52. The van der Waals surface area contributed by atoms with Crippen LogP contribution in [0.5, 0.6) is 0 Å². The Morgan fingerprint density at radius 1 is 1.10 bits per heavy atom. The molecule has 1 heterocycles. The van der Waals surface area contributed by atoms with Gasteiger partial charge in [-0.2, -0.15) is 0 Å². The molecule has 0 aliphatic carbocycles. The van der Waals surface area contributed by atoms with Crippen molar-refractivity contribution in [3.8, 4) is 11.4 Å². The highest BCUT2D eigenvalue weighted by Crippen LogP contribution is 2.28. The third-order valence-electron chi connectivity index (χ3n) is 3.39. The highest BCUT2D eigenvalue weighted by molar-refractivity contribution is 6.31. The first kappa shape index (κ1) is 13.8. The zero-order valence-electron chi connectivity index (χ0n) is 12.0. The lowest BCUT2D eigenvalue weighted by molar-refractivity contribution is 1.14. The summed E-state index contributed by atoms with van der Waals surface area (Å²) in [6, 6.07) is 13.8. The van der Waals surface area contributed by atoms with Gasteiger partial charge in [-0.25, -0.2) is 9.97 Å². The van der Waals surface area contributed by atoms with Crippen molar-refractivity contribution >= 4 is 28.3 Å². The highest BCUT2D eigenvalue weighted by Gasteiger charge is 2.10. The van der Waals surface area contributed by atoms with E-state index < -0.39 is 0 Å². The summed E-state index contributed by atoms with van der Waals surface area (Å²) in [4.78, 5) is 9.36. The number of halogens is 1. The summed E-state index contributed by atoms with van der Waals surface area (Å²) < 4.78 is 0. The zero-order chi connectivity index (χ0) is 14.8. The molecule has 0 aliphatic rings. The molecule has 3 nitrogen and oxygen atoms in total. The highest BCUT2D eigenvalue weighted by atomic mass is 35.5. The fraction of sp³-hybridized carbons (Fsp3) is 0.176. The average Bonchev–Trinajstić information content (AvgIpc) is 2.47. The van der Waals surface area contributed by atoms with Gasteiger partial charge in [-0.3, -0.25) is 0 Å². The molecule has 1 N–H and O–H groups in total. The predicted molar refractivity (Wildman–Crippen MR) is 88.9 cm³/mol. The molecule has 106 valence electrons. The van der Waals surface area contributed by atoms with Crippen molar-refractivity contribution in [3.05, 3.63) is 53.1 Å². The van der Waals surface area contributed by atoms with Crippen LogP contribution >= 0.6 is 11.6 Å². The van der Waals surface area contributed by atoms with Crippen LogP contribution in [0.2, 0.25) is 5.02 Å². The maximum atomic E-state index is 6.10. The van der Waals surface area contributed by atoms with Gasteiger partial charge in [0.15, 0.2) is 5.82 Å². The van der Waals surface area contributed by atoms with Crippen LogP contribution in [0.25, 0.3) is 22.3 Å². The van der Waals surface area contributed by atoms with Gasteiger partial charge in [0.05, 0.1) is 5.52 Å². The van der Waals surface area contributed by atoms with Gasteiger partial charge < -0.3 is 5.32 Å². The van der Waals surface area contributed by atoms with E-state index in [4.69, 9.17) is 11.6 Å². The van der Waals surface area contributed by atoms with Gasteiger partial charge in [-0.15, -0.1) is 0 Å². The molecule has 0 spiro atoms. The van der Waals surface area contributed by atoms with Crippen molar-refractivity contribution in [2.75, 3.05) is 11.9 Å². The lowest BCUT2D eigenvalue weighted by atomic mass is 10.1. The Morgan fingerprint density at radius 3 is 2.67 bits per heavy atom. The van der Waals surface area contributed by atoms with Crippen LogP contribution in [0.3, 0.4) is 0 Å². The SMILES string of the molecule is CCNc1nc(-c2ccccc2C)nc2cc(Cl)ccc12. The van der Waals surface area contributed by atoms with Crippen LogP contribution in [0, 0.1) is 6.92 Å². The van der Waals surface area contributed by atoms with Gasteiger partial charge in [0.25, 0.3) is 0 Å². The number of nitrogens with zero attached hydrogens (tertiary/aromatic N) is 2. The van der Waals surface area contributed by atoms with E-state index in [0.717, 1.165) is 40.2 Å². The van der Waals surface area contributed by atoms with Gasteiger partial charge in [0.2, 0.25) is 0 Å². The summed E-state index contributed by atoms with van der Waals surface area (Å²) in [6.45, 7) is 4.92. The first-order valence-electron chi connectivity index (χ1n) is 6.96. The lowest BCUT2D eigenvalue weighted by Gasteiger charge is -2.11. The van der Waals surface area contributed by atoms with Crippen molar-refractivity contribution in [1.29, 1.82) is 0 Å². The van der Waals surface area contributed by atoms with E-state index >= 15 is 0 Å². The number of fused-ring (bicyclic) bond motifs is 1. The molecule has 0 saturated carbocycles. The molecule has 2 aromatic carbocycles. The molecule has 0 unspecified atom stereocenters. The second kappa shape index (κ2) is 5.70. The smallest absolute Gasteiger partial charge is 0.162 e. The molecule has 3 aromatic rings. The van der Waals surface area contributed by atoms with Crippen LogP contribution in [-0.2, 0) is 0 Å². The van der Waals surface area contributed by atoms with Gasteiger partial charge >= 0.3 is 0 Å². The molecule has 0 radical (unpaired) electrons. The number of benzene rings is 2. The normalized spacial score (nSPS) is 10.8. The maximum Gasteiger partial charge on any atom is 0.162 e. The maximum absolute atomic E-state index is 6.10. The summed E-state index contributed by atoms with van der Waals surface area (Å²) in [6.07, 6.45) is 0. The molecule has 0 atom stereocenters. The molecule has 0 bridgehead atoms. The lowest BCUT2D eigenvalue weighted by Crippen LogP contribution is -2.03. The monoisotopic (exact) mass is 297 g/mol. The number of aryl methyl sites for hydroxylation is 1. The zero-order valence-corrected chi connectivity index (χ0v) is 12.8. The van der Waals surface area contributed by atoms with Crippen LogP contribution in [0.4, 0.5) is 5.82 Å². The Morgan fingerprint density at radius 2 is 1.90 bits per heavy atom. The Labute approximate surface area is 129 Å². The van der Waals surface area contributed by atoms with Crippen LogP contribution in [0.1, 0.15) is 12.5 Å². The molecular weight excluding hydrogens is 282 g/mol. The number of aromatic nitrogens is 2. The first-order valence-corrected chi connectivity index (χ1v) is 7.34. The molecule has 3 rings (SSSR count). The van der Waals surface area contributed by atoms with Crippen molar-refractivity contribution in [2.24, 2.45) is 0 Å². The molecule has 0 fully saturated rings. The number of rotatable bonds is 3. The summed E-state index contributed by atoms with van der Waals surface area (Å²) in [5.41, 5.74) is 3.05. The largest absolute Gasteiger partial charge is 0.370 e. The summed E-state index contributed by atoms with van der Waals surface area (Å²) in [7, 11) is 0. The van der Waals surface area contributed by atoms with Gasteiger partial charge in [0.1, 0.15) is 5.82 Å². The minimum absolute atomic E-state index is 0.680. The molecular formula is C17H16ClN3. The topological polar surface area (TPSA) is 37.8 Å². The molecule has 4 heteroatoms. The standard InChI is InChI=1S/C17H16ClN3/c1-3-19-16-14-9-8-12(18)10-15(14)20-17(21-16)13-7-5-4-6-11(13)2/h4-10H,3H2,1-2H3,(H,19,20,21). The number of nitrogens with one attached hydrogen (secondary N) is 1. The van der Waals surface area contributed by atoms with Crippen molar-refractivity contribution in [3.63, 3.8) is 0 Å². The van der Waals surface area contributed by atoms with E-state index in [1.807, 2.05) is 36.4 Å². The second-order valence-electron chi connectivity index (χ2n) is 4.90. The second-order valence-corrected chi connectivity index (χ2v) is 5.34. The van der Waals surface area contributed by atoms with Gasteiger partial charge in [-0.1, -0.05) is 35.9 Å². The number of hydrogen-bond acceptors (Lipinski definition) is 3. The quantitative estimate of drug-likeness (QED) is 0.762. The van der Waals surface area contributed by atoms with E-state index in [1.54, 1.807) is 0 Å². The number of anilines is 1. The van der Waals surface area contributed by atoms with Gasteiger partial charge in [0, 0.05) is 22.5 Å². The fourth-order valence-electron chi connectivity index (χ4n) is 2.35. The van der Waals surface area contributed by atoms with Gasteiger partial charge in [-0.05, 0) is 37.6 Å². The predicted octanol–water partition coefficient (Wildman–Crippen LogP) is 4.69. The van der Waals surface area contributed by atoms with E-state index in [0.29, 0.717) is 5.02 Å². The van der Waals surface area contributed by atoms with E-state index in [-0.39, 0.29) is 0 Å². The Bertz CT molecular complexity index is 799. The van der Waals surface area contributed by atoms with Crippen LogP contribution < -0.4 is 5.32 Å². The molecule has 21 heavy (non-hydrogen) atoms. The average molecular weight is 298 g/mol. The third kappa shape index (κ3) is 2.69. The van der Waals surface area contributed by atoms with Crippen molar-refractivity contribution in [2.45, 2.75) is 13.8 Å². The summed E-state index contributed by atoms with van der Waals surface area (Å²) in [5.74, 6) is 1.57. The van der Waals surface area contributed by atoms with Crippen LogP contribution in [0.15, 0.2) is 42.5 Å². The van der Waals surface area contributed by atoms with Crippen LogP contribution in [-0.4, -0.2) is 16.5 Å².